The number of rotatable bonds is 7. The van der Waals surface area contributed by atoms with Crippen LogP contribution < -0.4 is 21.4 Å². The second-order valence-corrected chi connectivity index (χ2v) is 8.08. The predicted octanol–water partition coefficient (Wildman–Crippen LogP) is 2.23. The van der Waals surface area contributed by atoms with E-state index in [9.17, 15) is 24.2 Å². The van der Waals surface area contributed by atoms with E-state index in [1.165, 1.54) is 16.7 Å². The first-order valence-electron chi connectivity index (χ1n) is 10.5. The van der Waals surface area contributed by atoms with Crippen molar-refractivity contribution < 1.29 is 23.8 Å². The molecule has 8 nitrogen and oxygen atoms in total. The highest BCUT2D eigenvalue weighted by Crippen LogP contribution is 2.31. The molecule has 1 aliphatic rings. The number of hydrogen-bond donors (Lipinski definition) is 4. The second-order valence-electron chi connectivity index (χ2n) is 8.08. The van der Waals surface area contributed by atoms with Crippen LogP contribution in [0.15, 0.2) is 35.3 Å². The monoisotopic (exact) mass is 458 g/mol. The Balaban J connectivity index is 1.92. The van der Waals surface area contributed by atoms with Gasteiger partial charge in [0.15, 0.2) is 0 Å². The predicted molar refractivity (Wildman–Crippen MR) is 121 cm³/mol. The zero-order valence-electron chi connectivity index (χ0n) is 17.9. The van der Waals surface area contributed by atoms with Crippen molar-refractivity contribution in [3.8, 4) is 5.69 Å². The van der Waals surface area contributed by atoms with Crippen molar-refractivity contribution in [3.63, 3.8) is 0 Å². The van der Waals surface area contributed by atoms with Gasteiger partial charge in [-0.1, -0.05) is 6.92 Å². The Morgan fingerprint density at radius 2 is 1.91 bits per heavy atom. The molecule has 0 atom stereocenters. The number of pyridine rings is 1. The van der Waals surface area contributed by atoms with Gasteiger partial charge < -0.3 is 30.7 Å². The van der Waals surface area contributed by atoms with E-state index in [4.69, 9.17) is 5.73 Å². The van der Waals surface area contributed by atoms with Gasteiger partial charge in [0.1, 0.15) is 17.2 Å². The number of hydrogen-bond acceptors (Lipinski definition) is 6. The Hall–Kier alpha value is -3.50. The van der Waals surface area contributed by atoms with Crippen molar-refractivity contribution in [2.24, 2.45) is 0 Å². The number of anilines is 2. The maximum atomic E-state index is 15.0. The maximum Gasteiger partial charge on any atom is 0.341 e. The van der Waals surface area contributed by atoms with Crippen molar-refractivity contribution in [2.75, 3.05) is 30.3 Å². The number of aliphatic hydroxyl groups is 1. The molecule has 1 aromatic heterocycles. The number of aromatic carboxylic acids is 1. The van der Waals surface area contributed by atoms with E-state index in [0.717, 1.165) is 31.3 Å². The van der Waals surface area contributed by atoms with Crippen LogP contribution in [0.1, 0.15) is 29.3 Å². The van der Waals surface area contributed by atoms with Crippen LogP contribution in [0.2, 0.25) is 0 Å². The van der Waals surface area contributed by atoms with E-state index in [1.807, 2.05) is 4.90 Å². The van der Waals surface area contributed by atoms with Crippen LogP contribution in [-0.2, 0) is 6.61 Å². The third-order valence-corrected chi connectivity index (χ3v) is 5.84. The molecule has 0 amide bonds. The summed E-state index contributed by atoms with van der Waals surface area (Å²) in [4.78, 5) is 26.3. The van der Waals surface area contributed by atoms with Gasteiger partial charge in [0.2, 0.25) is 5.43 Å². The number of halogens is 2. The summed E-state index contributed by atoms with van der Waals surface area (Å²) in [5.74, 6) is -2.89. The van der Waals surface area contributed by atoms with Gasteiger partial charge >= 0.3 is 5.97 Å². The quantitative estimate of drug-likeness (QED) is 0.401. The number of nitrogens with zero attached hydrogens (tertiary/aromatic N) is 2. The molecule has 1 aliphatic heterocycles. The van der Waals surface area contributed by atoms with E-state index in [0.29, 0.717) is 13.1 Å². The first-order valence-corrected chi connectivity index (χ1v) is 10.5. The number of carboxylic acid groups (broad SMARTS) is 1. The Bertz CT molecular complexity index is 1300. The third-order valence-electron chi connectivity index (χ3n) is 5.84. The lowest BCUT2D eigenvalue weighted by Gasteiger charge is -2.41. The normalized spacial score (nSPS) is 14.0. The summed E-state index contributed by atoms with van der Waals surface area (Å²) in [6.07, 6.45) is 2.06. The van der Waals surface area contributed by atoms with Gasteiger partial charge in [-0.25, -0.2) is 13.6 Å². The number of benzene rings is 2. The fourth-order valence-electron chi connectivity index (χ4n) is 4.05. The van der Waals surface area contributed by atoms with E-state index in [2.05, 4.69) is 12.2 Å². The molecule has 0 radical (unpaired) electrons. The van der Waals surface area contributed by atoms with Crippen LogP contribution in [0.25, 0.3) is 16.6 Å². The minimum Gasteiger partial charge on any atom is -0.477 e. The largest absolute Gasteiger partial charge is 0.477 e. The first kappa shape index (κ1) is 22.7. The molecule has 0 unspecified atom stereocenters. The molecule has 2 heterocycles. The SMILES string of the molecule is CCCNC1CN(c2cc3c(cc2F)c(=O)c(C(=O)O)cn3-c2cc(N)c(F)cc2CO)C1. The highest BCUT2D eigenvalue weighted by molar-refractivity contribution is 5.94. The van der Waals surface area contributed by atoms with Gasteiger partial charge in [-0.05, 0) is 37.2 Å². The molecule has 0 saturated carbocycles. The Morgan fingerprint density at radius 3 is 2.55 bits per heavy atom. The topological polar surface area (TPSA) is 121 Å². The molecule has 1 saturated heterocycles. The van der Waals surface area contributed by atoms with Crippen LogP contribution in [0.5, 0.6) is 0 Å². The fourth-order valence-corrected chi connectivity index (χ4v) is 4.05. The van der Waals surface area contributed by atoms with E-state index < -0.39 is 35.2 Å². The third kappa shape index (κ3) is 4.03. The summed E-state index contributed by atoms with van der Waals surface area (Å²) in [7, 11) is 0. The van der Waals surface area contributed by atoms with Crippen molar-refractivity contribution in [1.29, 1.82) is 0 Å². The van der Waals surface area contributed by atoms with Gasteiger partial charge in [-0.15, -0.1) is 0 Å². The average Bonchev–Trinajstić information content (AvgIpc) is 2.75. The molecule has 33 heavy (non-hydrogen) atoms. The molecule has 3 aromatic rings. The maximum absolute atomic E-state index is 15.0. The Morgan fingerprint density at radius 1 is 1.18 bits per heavy atom. The summed E-state index contributed by atoms with van der Waals surface area (Å²) >= 11 is 0. The molecule has 0 bridgehead atoms. The molecule has 10 heteroatoms. The molecular formula is C23H24F2N4O4. The summed E-state index contributed by atoms with van der Waals surface area (Å²) < 4.78 is 30.3. The molecular weight excluding hydrogens is 434 g/mol. The van der Waals surface area contributed by atoms with Crippen LogP contribution in [0.4, 0.5) is 20.2 Å². The number of carbonyl (C=O) groups is 1. The zero-order valence-corrected chi connectivity index (χ0v) is 17.9. The van der Waals surface area contributed by atoms with Crippen molar-refractivity contribution >= 4 is 28.2 Å². The summed E-state index contributed by atoms with van der Waals surface area (Å²) in [6.45, 7) is 3.50. The molecule has 0 aliphatic carbocycles. The summed E-state index contributed by atoms with van der Waals surface area (Å²) in [5, 5.41) is 22.5. The van der Waals surface area contributed by atoms with Crippen molar-refractivity contribution in [3.05, 3.63) is 63.4 Å². The average molecular weight is 458 g/mol. The molecule has 4 rings (SSSR count). The standard InChI is InChI=1S/C23H24F2N4O4/c1-2-3-27-13-8-28(9-13)21-7-20-14(5-17(21)25)22(31)15(23(32)33)10-29(20)19-6-18(26)16(24)4-12(19)11-30/h4-7,10,13,27,30H,2-3,8-9,11,26H2,1H3,(H,32,33). The molecule has 174 valence electrons. The number of fused-ring (bicyclic) bond motifs is 1. The van der Waals surface area contributed by atoms with Gasteiger partial charge in [-0.2, -0.15) is 0 Å². The Kier molecular flexibility index (Phi) is 6.05. The van der Waals surface area contributed by atoms with Gasteiger partial charge in [-0.3, -0.25) is 4.79 Å². The van der Waals surface area contributed by atoms with Crippen LogP contribution in [-0.4, -0.2) is 46.4 Å². The smallest absolute Gasteiger partial charge is 0.341 e. The highest BCUT2D eigenvalue weighted by Gasteiger charge is 2.29. The number of nitrogens with two attached hydrogens (primary N) is 1. The van der Waals surface area contributed by atoms with Crippen LogP contribution in [0, 0.1) is 11.6 Å². The lowest BCUT2D eigenvalue weighted by atomic mass is 10.0. The van der Waals surface area contributed by atoms with Gasteiger partial charge in [0, 0.05) is 36.3 Å². The number of nitrogens with one attached hydrogen (secondary N) is 1. The molecule has 0 spiro atoms. The second kappa shape index (κ2) is 8.80. The van der Waals surface area contributed by atoms with Gasteiger partial charge in [0.05, 0.1) is 29.2 Å². The van der Waals surface area contributed by atoms with E-state index >= 15 is 4.39 Å². The lowest BCUT2D eigenvalue weighted by molar-refractivity contribution is 0.0695. The molecule has 1 fully saturated rings. The van der Waals surface area contributed by atoms with Crippen LogP contribution in [0.3, 0.4) is 0 Å². The van der Waals surface area contributed by atoms with Gasteiger partial charge in [0.25, 0.3) is 0 Å². The summed E-state index contributed by atoms with van der Waals surface area (Å²) in [5.41, 5.74) is 4.85. The lowest BCUT2D eigenvalue weighted by Crippen LogP contribution is -2.58. The van der Waals surface area contributed by atoms with E-state index in [1.54, 1.807) is 0 Å². The number of carboxylic acids is 1. The number of aliphatic hydroxyl groups excluding tert-OH is 1. The number of nitrogen functional groups attached to an aromatic ring is 1. The van der Waals surface area contributed by atoms with E-state index in [-0.39, 0.29) is 39.6 Å². The Labute approximate surface area is 187 Å². The zero-order chi connectivity index (χ0) is 23.9. The summed E-state index contributed by atoms with van der Waals surface area (Å²) in [6, 6.07) is 4.99. The van der Waals surface area contributed by atoms with Crippen LogP contribution >= 0.6 is 0 Å². The highest BCUT2D eigenvalue weighted by atomic mass is 19.1. The fraction of sp³-hybridized carbons (Fsp3) is 0.304. The van der Waals surface area contributed by atoms with Crippen molar-refractivity contribution in [2.45, 2.75) is 26.0 Å². The minimum absolute atomic E-state index is 0.127. The number of aromatic nitrogens is 1. The minimum atomic E-state index is -1.49. The first-order chi connectivity index (χ1) is 15.7. The van der Waals surface area contributed by atoms with Crippen molar-refractivity contribution in [1.82, 2.24) is 9.88 Å². The molecule has 2 aromatic carbocycles. The molecule has 5 N–H and O–H groups in total.